The van der Waals surface area contributed by atoms with E-state index in [1.54, 1.807) is 24.3 Å². The normalized spacial score (nSPS) is 10.1. The Balaban J connectivity index is 0.00000324. The topological polar surface area (TPSA) is 64.3 Å². The summed E-state index contributed by atoms with van der Waals surface area (Å²) in [6.45, 7) is 6.12. The maximum atomic E-state index is 11.7. The monoisotopic (exact) mass is 286 g/mol. The van der Waals surface area contributed by atoms with E-state index < -0.39 is 0 Å². The standard InChI is InChI=1S/C14H22N2O2.ClH/c1-11(2)6-8-18-9-7-16-14(17)12-4-3-5-13(15)10-12;/h3-5,10-11H,6-9,15H2,1-2H3,(H,16,17);1H. The molecule has 0 aliphatic rings. The van der Waals surface area contributed by atoms with Crippen molar-refractivity contribution < 1.29 is 9.53 Å². The number of halogens is 1. The van der Waals surface area contributed by atoms with Gasteiger partial charge in [0.2, 0.25) is 0 Å². The van der Waals surface area contributed by atoms with Gasteiger partial charge in [0, 0.05) is 24.4 Å². The van der Waals surface area contributed by atoms with Gasteiger partial charge in [-0.1, -0.05) is 19.9 Å². The van der Waals surface area contributed by atoms with Gasteiger partial charge >= 0.3 is 0 Å². The van der Waals surface area contributed by atoms with E-state index in [0.717, 1.165) is 13.0 Å². The number of rotatable bonds is 7. The molecule has 1 aromatic rings. The number of ether oxygens (including phenoxy) is 1. The number of benzene rings is 1. The summed E-state index contributed by atoms with van der Waals surface area (Å²) in [6.07, 6.45) is 1.04. The first-order chi connectivity index (χ1) is 8.59. The molecular weight excluding hydrogens is 264 g/mol. The third-order valence-electron chi connectivity index (χ3n) is 2.52. The minimum atomic E-state index is -0.116. The lowest BCUT2D eigenvalue weighted by atomic mass is 10.1. The first-order valence-corrected chi connectivity index (χ1v) is 6.31. The largest absolute Gasteiger partial charge is 0.399 e. The molecule has 1 rings (SSSR count). The van der Waals surface area contributed by atoms with Crippen LogP contribution in [0.15, 0.2) is 24.3 Å². The van der Waals surface area contributed by atoms with E-state index >= 15 is 0 Å². The molecule has 1 aromatic carbocycles. The first kappa shape index (κ1) is 17.7. The van der Waals surface area contributed by atoms with Crippen LogP contribution in [0.5, 0.6) is 0 Å². The summed E-state index contributed by atoms with van der Waals surface area (Å²) in [6, 6.07) is 6.93. The number of nitrogen functional groups attached to an aromatic ring is 1. The number of carbonyl (C=O) groups excluding carboxylic acids is 1. The molecule has 19 heavy (non-hydrogen) atoms. The lowest BCUT2D eigenvalue weighted by Gasteiger charge is -2.08. The fraction of sp³-hybridized carbons (Fsp3) is 0.500. The number of hydrogen-bond donors (Lipinski definition) is 2. The highest BCUT2D eigenvalue weighted by molar-refractivity contribution is 5.94. The van der Waals surface area contributed by atoms with Gasteiger partial charge in [-0.2, -0.15) is 0 Å². The summed E-state index contributed by atoms with van der Waals surface area (Å²) in [7, 11) is 0. The number of hydrogen-bond acceptors (Lipinski definition) is 3. The van der Waals surface area contributed by atoms with E-state index in [4.69, 9.17) is 10.5 Å². The van der Waals surface area contributed by atoms with Crippen molar-refractivity contribution in [3.63, 3.8) is 0 Å². The highest BCUT2D eigenvalue weighted by atomic mass is 35.5. The van der Waals surface area contributed by atoms with Crippen LogP contribution >= 0.6 is 12.4 Å². The number of amides is 1. The van der Waals surface area contributed by atoms with Gasteiger partial charge < -0.3 is 15.8 Å². The van der Waals surface area contributed by atoms with E-state index in [1.807, 2.05) is 0 Å². The molecule has 0 radical (unpaired) electrons. The zero-order chi connectivity index (χ0) is 13.4. The molecule has 0 aliphatic carbocycles. The van der Waals surface area contributed by atoms with Gasteiger partial charge in [0.1, 0.15) is 0 Å². The first-order valence-electron chi connectivity index (χ1n) is 6.31. The molecule has 0 bridgehead atoms. The van der Waals surface area contributed by atoms with Gasteiger partial charge in [0.15, 0.2) is 0 Å². The van der Waals surface area contributed by atoms with Gasteiger partial charge in [-0.3, -0.25) is 4.79 Å². The Morgan fingerprint density at radius 2 is 2.11 bits per heavy atom. The summed E-state index contributed by atoms with van der Waals surface area (Å²) >= 11 is 0. The number of nitrogens with two attached hydrogens (primary N) is 1. The molecule has 0 saturated heterocycles. The molecule has 0 aliphatic heterocycles. The maximum Gasteiger partial charge on any atom is 0.251 e. The molecular formula is C14H23ClN2O2. The molecule has 0 fully saturated rings. The quantitative estimate of drug-likeness (QED) is 0.598. The molecule has 0 atom stereocenters. The van der Waals surface area contributed by atoms with Crippen molar-refractivity contribution in [1.82, 2.24) is 5.32 Å². The number of nitrogens with one attached hydrogen (secondary N) is 1. The molecule has 0 spiro atoms. The van der Waals surface area contributed by atoms with Crippen LogP contribution in [0.25, 0.3) is 0 Å². The SMILES string of the molecule is CC(C)CCOCCNC(=O)c1cccc(N)c1.Cl. The molecule has 0 heterocycles. The lowest BCUT2D eigenvalue weighted by molar-refractivity contribution is 0.0906. The van der Waals surface area contributed by atoms with Crippen LogP contribution in [0.4, 0.5) is 5.69 Å². The average Bonchev–Trinajstić information content (AvgIpc) is 2.33. The number of anilines is 1. The molecule has 0 aromatic heterocycles. The van der Waals surface area contributed by atoms with Crippen molar-refractivity contribution in [2.75, 3.05) is 25.5 Å². The highest BCUT2D eigenvalue weighted by Crippen LogP contribution is 2.05. The zero-order valence-corrected chi connectivity index (χ0v) is 12.3. The van der Waals surface area contributed by atoms with Crippen molar-refractivity contribution in [2.24, 2.45) is 5.92 Å². The smallest absolute Gasteiger partial charge is 0.251 e. The van der Waals surface area contributed by atoms with Gasteiger partial charge in [0.05, 0.1) is 6.61 Å². The third kappa shape index (κ3) is 7.70. The van der Waals surface area contributed by atoms with Crippen LogP contribution in [0, 0.1) is 5.92 Å². The van der Waals surface area contributed by atoms with Gasteiger partial charge in [-0.05, 0) is 30.5 Å². The van der Waals surface area contributed by atoms with E-state index in [2.05, 4.69) is 19.2 Å². The van der Waals surface area contributed by atoms with E-state index in [1.165, 1.54) is 0 Å². The van der Waals surface area contributed by atoms with Crippen molar-refractivity contribution >= 4 is 24.0 Å². The maximum absolute atomic E-state index is 11.7. The summed E-state index contributed by atoms with van der Waals surface area (Å²) in [4.78, 5) is 11.7. The fourth-order valence-corrected chi connectivity index (χ4v) is 1.44. The van der Waals surface area contributed by atoms with Crippen molar-refractivity contribution in [2.45, 2.75) is 20.3 Å². The molecule has 0 saturated carbocycles. The predicted molar refractivity (Wildman–Crippen MR) is 80.7 cm³/mol. The molecule has 1 amide bonds. The van der Waals surface area contributed by atoms with Crippen LogP contribution in [0.2, 0.25) is 0 Å². The van der Waals surface area contributed by atoms with Crippen LogP contribution in [-0.4, -0.2) is 25.7 Å². The highest BCUT2D eigenvalue weighted by Gasteiger charge is 2.04. The van der Waals surface area contributed by atoms with Gasteiger partial charge in [0.25, 0.3) is 5.91 Å². The Morgan fingerprint density at radius 1 is 1.37 bits per heavy atom. The molecule has 0 unspecified atom stereocenters. The van der Waals surface area contributed by atoms with Crippen molar-refractivity contribution in [3.8, 4) is 0 Å². The molecule has 108 valence electrons. The van der Waals surface area contributed by atoms with Crippen molar-refractivity contribution in [3.05, 3.63) is 29.8 Å². The Labute approximate surface area is 121 Å². The summed E-state index contributed by atoms with van der Waals surface area (Å²) in [5.41, 5.74) is 6.79. The summed E-state index contributed by atoms with van der Waals surface area (Å²) in [5.74, 6) is 0.529. The van der Waals surface area contributed by atoms with Crippen LogP contribution in [-0.2, 0) is 4.74 Å². The minimum Gasteiger partial charge on any atom is -0.399 e. The Morgan fingerprint density at radius 3 is 2.74 bits per heavy atom. The van der Waals surface area contributed by atoms with Gasteiger partial charge in [-0.25, -0.2) is 0 Å². The van der Waals surface area contributed by atoms with Crippen molar-refractivity contribution in [1.29, 1.82) is 0 Å². The van der Waals surface area contributed by atoms with Crippen LogP contribution < -0.4 is 11.1 Å². The van der Waals surface area contributed by atoms with E-state index in [9.17, 15) is 4.79 Å². The third-order valence-corrected chi connectivity index (χ3v) is 2.52. The van der Waals surface area contributed by atoms with E-state index in [-0.39, 0.29) is 18.3 Å². The van der Waals surface area contributed by atoms with Gasteiger partial charge in [-0.15, -0.1) is 12.4 Å². The zero-order valence-electron chi connectivity index (χ0n) is 11.5. The average molecular weight is 287 g/mol. The lowest BCUT2D eigenvalue weighted by Crippen LogP contribution is -2.27. The number of carbonyl (C=O) groups is 1. The second kappa shape index (κ2) is 9.64. The molecule has 3 N–H and O–H groups in total. The summed E-state index contributed by atoms with van der Waals surface area (Å²) < 4.78 is 5.42. The second-order valence-corrected chi connectivity index (χ2v) is 4.68. The second-order valence-electron chi connectivity index (χ2n) is 4.68. The molecule has 4 nitrogen and oxygen atoms in total. The van der Waals surface area contributed by atoms with Crippen LogP contribution in [0.1, 0.15) is 30.6 Å². The summed E-state index contributed by atoms with van der Waals surface area (Å²) in [5, 5.41) is 2.79. The Kier molecular flexibility index (Phi) is 9.00. The van der Waals surface area contributed by atoms with E-state index in [0.29, 0.717) is 30.3 Å². The Hall–Kier alpha value is -1.26. The minimum absolute atomic E-state index is 0. The molecule has 5 heteroatoms. The Bertz CT molecular complexity index is 383. The predicted octanol–water partition coefficient (Wildman–Crippen LogP) is 2.48. The fourth-order valence-electron chi connectivity index (χ4n) is 1.44. The van der Waals surface area contributed by atoms with Crippen LogP contribution in [0.3, 0.4) is 0 Å².